The zero-order valence-electron chi connectivity index (χ0n) is 13.9. The number of carbonyl (C=O) groups excluding carboxylic acids is 2. The monoisotopic (exact) mass is 350 g/mol. The molecule has 0 unspecified atom stereocenters. The summed E-state index contributed by atoms with van der Waals surface area (Å²) < 4.78 is 19.1. The van der Waals surface area contributed by atoms with Crippen molar-refractivity contribution in [3.63, 3.8) is 0 Å². The molecule has 4 rings (SSSR count). The fraction of sp³-hybridized carbons (Fsp3) is 0.100. The molecule has 0 radical (unpaired) electrons. The van der Waals surface area contributed by atoms with Gasteiger partial charge >= 0.3 is 0 Å². The molecule has 2 aromatic carbocycles. The van der Waals surface area contributed by atoms with Crippen molar-refractivity contribution in [1.29, 1.82) is 0 Å². The van der Waals surface area contributed by atoms with E-state index in [4.69, 9.17) is 4.74 Å². The number of allylic oxidation sites excluding steroid dienone is 1. The number of nitrogens with one attached hydrogen (secondary N) is 2. The fourth-order valence-electron chi connectivity index (χ4n) is 3.10. The van der Waals surface area contributed by atoms with Crippen LogP contribution in [0.4, 0.5) is 15.8 Å². The number of hydrogen-bond donors (Lipinski definition) is 2. The minimum absolute atomic E-state index is 0.145. The van der Waals surface area contributed by atoms with Gasteiger partial charge in [-0.2, -0.15) is 0 Å². The van der Waals surface area contributed by atoms with Crippen molar-refractivity contribution in [3.05, 3.63) is 71.2 Å². The van der Waals surface area contributed by atoms with Crippen LogP contribution >= 0.6 is 0 Å². The molecule has 26 heavy (non-hydrogen) atoms. The Hall–Kier alpha value is -3.41. The lowest BCUT2D eigenvalue weighted by molar-refractivity contribution is -0.114. The molecule has 0 saturated carbocycles. The zero-order chi connectivity index (χ0) is 18.3. The van der Waals surface area contributed by atoms with E-state index in [1.54, 1.807) is 18.2 Å². The zero-order valence-corrected chi connectivity index (χ0v) is 13.9. The highest BCUT2D eigenvalue weighted by Gasteiger charge is 2.30. The molecule has 2 amide bonds. The summed E-state index contributed by atoms with van der Waals surface area (Å²) in [7, 11) is 0. The highest BCUT2D eigenvalue weighted by Crippen LogP contribution is 2.38. The molecule has 130 valence electrons. The topological polar surface area (TPSA) is 67.4 Å². The third kappa shape index (κ3) is 2.86. The summed E-state index contributed by atoms with van der Waals surface area (Å²) in [5.41, 5.74) is 3.93. The second-order valence-corrected chi connectivity index (χ2v) is 6.10. The molecule has 2 N–H and O–H groups in total. The Morgan fingerprint density at radius 3 is 2.88 bits per heavy atom. The first-order valence-corrected chi connectivity index (χ1v) is 8.08. The van der Waals surface area contributed by atoms with E-state index in [0.717, 1.165) is 11.1 Å². The number of ether oxygens (including phenoxy) is 1. The lowest BCUT2D eigenvalue weighted by Gasteiger charge is -2.05. The van der Waals surface area contributed by atoms with E-state index in [9.17, 15) is 14.0 Å². The van der Waals surface area contributed by atoms with Crippen molar-refractivity contribution >= 4 is 34.3 Å². The molecule has 2 aliphatic heterocycles. The Balaban J connectivity index is 1.72. The molecular formula is C20H15FN2O3. The summed E-state index contributed by atoms with van der Waals surface area (Å²) in [5.74, 6) is -0.417. The smallest absolute Gasteiger partial charge is 0.260 e. The maximum Gasteiger partial charge on any atom is 0.260 e. The van der Waals surface area contributed by atoms with E-state index in [1.807, 2.05) is 18.2 Å². The standard InChI is InChI=1S/C20H15FN2O3/c1-11(24)22-15-4-2-3-12(7-15)13-8-18(26-10-13)19-16-6-5-14(21)9-17(16)23-20(19)25/h2-9H,10H2,1H3,(H,22,24)(H,23,25)/b19-18+. The number of fused-ring (bicyclic) bond motifs is 1. The normalized spacial score (nSPS) is 18.1. The number of hydrogen-bond acceptors (Lipinski definition) is 3. The van der Waals surface area contributed by atoms with E-state index in [0.29, 0.717) is 34.9 Å². The van der Waals surface area contributed by atoms with Gasteiger partial charge in [-0.3, -0.25) is 9.59 Å². The second kappa shape index (κ2) is 6.15. The largest absolute Gasteiger partial charge is 0.488 e. The van der Waals surface area contributed by atoms with E-state index in [1.165, 1.54) is 19.1 Å². The lowest BCUT2D eigenvalue weighted by atomic mass is 10.0. The highest BCUT2D eigenvalue weighted by molar-refractivity contribution is 6.32. The summed E-state index contributed by atoms with van der Waals surface area (Å²) in [6.45, 7) is 1.76. The fourth-order valence-corrected chi connectivity index (χ4v) is 3.10. The number of amides is 2. The van der Waals surface area contributed by atoms with Crippen LogP contribution in [0.15, 0.2) is 54.3 Å². The Kier molecular flexibility index (Phi) is 3.80. The third-order valence-electron chi connectivity index (χ3n) is 4.21. The van der Waals surface area contributed by atoms with E-state index in [-0.39, 0.29) is 11.8 Å². The summed E-state index contributed by atoms with van der Waals surface area (Å²) in [5, 5.41) is 5.40. The van der Waals surface area contributed by atoms with E-state index < -0.39 is 5.82 Å². The molecular weight excluding hydrogens is 335 g/mol. The Bertz CT molecular complexity index is 1010. The number of rotatable bonds is 2. The van der Waals surface area contributed by atoms with Crippen LogP contribution in [0.5, 0.6) is 0 Å². The molecule has 0 fully saturated rings. The van der Waals surface area contributed by atoms with Crippen molar-refractivity contribution < 1.29 is 18.7 Å². The van der Waals surface area contributed by atoms with Crippen LogP contribution in [0.2, 0.25) is 0 Å². The van der Waals surface area contributed by atoms with Crippen molar-refractivity contribution in [1.82, 2.24) is 0 Å². The maximum absolute atomic E-state index is 13.4. The number of halogens is 1. The highest BCUT2D eigenvalue weighted by atomic mass is 19.1. The van der Waals surface area contributed by atoms with Gasteiger partial charge < -0.3 is 15.4 Å². The van der Waals surface area contributed by atoms with Gasteiger partial charge in [0.2, 0.25) is 5.91 Å². The Morgan fingerprint density at radius 1 is 1.23 bits per heavy atom. The van der Waals surface area contributed by atoms with Crippen molar-refractivity contribution in [2.24, 2.45) is 0 Å². The molecule has 2 aromatic rings. The summed E-state index contributed by atoms with van der Waals surface area (Å²) in [4.78, 5) is 23.5. The molecule has 0 spiro atoms. The van der Waals surface area contributed by atoms with Gasteiger partial charge in [-0.1, -0.05) is 12.1 Å². The van der Waals surface area contributed by atoms with Crippen LogP contribution in [-0.2, 0) is 14.3 Å². The second-order valence-electron chi connectivity index (χ2n) is 6.10. The van der Waals surface area contributed by atoms with Crippen LogP contribution in [-0.4, -0.2) is 18.4 Å². The van der Waals surface area contributed by atoms with Gasteiger partial charge in [0.05, 0.1) is 11.3 Å². The summed E-state index contributed by atoms with van der Waals surface area (Å²) >= 11 is 0. The predicted octanol–water partition coefficient (Wildman–Crippen LogP) is 3.56. The summed E-state index contributed by atoms with van der Waals surface area (Å²) in [6.07, 6.45) is 1.81. The molecule has 0 saturated heterocycles. The van der Waals surface area contributed by atoms with Crippen LogP contribution in [0, 0.1) is 5.82 Å². The average molecular weight is 350 g/mol. The Labute approximate surface area is 149 Å². The third-order valence-corrected chi connectivity index (χ3v) is 4.21. The average Bonchev–Trinajstić information content (AvgIpc) is 3.17. The molecule has 2 aliphatic rings. The van der Waals surface area contributed by atoms with Crippen molar-refractivity contribution in [3.8, 4) is 0 Å². The van der Waals surface area contributed by atoms with Crippen LogP contribution in [0.25, 0.3) is 11.1 Å². The molecule has 0 aliphatic carbocycles. The SMILES string of the molecule is CC(=O)Nc1cccc(C2=C/C(=C3\C(=O)Nc4cc(F)ccc43)OC2)c1. The number of carbonyl (C=O) groups is 2. The van der Waals surface area contributed by atoms with Crippen molar-refractivity contribution in [2.45, 2.75) is 6.92 Å². The number of benzene rings is 2. The predicted molar refractivity (Wildman–Crippen MR) is 96.6 cm³/mol. The van der Waals surface area contributed by atoms with Gasteiger partial charge in [0.25, 0.3) is 5.91 Å². The molecule has 0 atom stereocenters. The first kappa shape index (κ1) is 16.1. The van der Waals surface area contributed by atoms with Crippen LogP contribution in [0.3, 0.4) is 0 Å². The first-order chi connectivity index (χ1) is 12.5. The van der Waals surface area contributed by atoms with Crippen LogP contribution in [0.1, 0.15) is 18.1 Å². The van der Waals surface area contributed by atoms with Crippen molar-refractivity contribution in [2.75, 3.05) is 17.2 Å². The molecule has 5 nitrogen and oxygen atoms in total. The minimum atomic E-state index is -0.409. The van der Waals surface area contributed by atoms with Gasteiger partial charge in [0.1, 0.15) is 18.2 Å². The Morgan fingerprint density at radius 2 is 2.08 bits per heavy atom. The molecule has 2 heterocycles. The van der Waals surface area contributed by atoms with E-state index in [2.05, 4.69) is 10.6 Å². The maximum atomic E-state index is 13.4. The van der Waals surface area contributed by atoms with Gasteiger partial charge in [-0.15, -0.1) is 0 Å². The number of anilines is 2. The molecule has 0 aromatic heterocycles. The first-order valence-electron chi connectivity index (χ1n) is 8.08. The molecule has 0 bridgehead atoms. The quantitative estimate of drug-likeness (QED) is 0.814. The van der Waals surface area contributed by atoms with Gasteiger partial charge in [0.15, 0.2) is 0 Å². The summed E-state index contributed by atoms with van der Waals surface area (Å²) in [6, 6.07) is 11.6. The van der Waals surface area contributed by atoms with Crippen LogP contribution < -0.4 is 10.6 Å². The molecule has 6 heteroatoms. The minimum Gasteiger partial charge on any atom is -0.488 e. The lowest BCUT2D eigenvalue weighted by Crippen LogP contribution is -2.05. The van der Waals surface area contributed by atoms with Gasteiger partial charge in [-0.25, -0.2) is 4.39 Å². The van der Waals surface area contributed by atoms with Gasteiger partial charge in [-0.05, 0) is 42.0 Å². The van der Waals surface area contributed by atoms with Gasteiger partial charge in [0, 0.05) is 23.7 Å². The van der Waals surface area contributed by atoms with E-state index >= 15 is 0 Å².